The first-order chi connectivity index (χ1) is 11.8. The Balaban J connectivity index is 1.32. The van der Waals surface area contributed by atoms with Gasteiger partial charge in [-0.3, -0.25) is 14.6 Å². The fourth-order valence-corrected chi connectivity index (χ4v) is 3.56. The van der Waals surface area contributed by atoms with Crippen LogP contribution < -0.4 is 10.6 Å². The van der Waals surface area contributed by atoms with Crippen LogP contribution in [0.1, 0.15) is 18.4 Å². The largest absolute Gasteiger partial charge is 0.355 e. The molecule has 0 saturated carbocycles. The lowest BCUT2D eigenvalue weighted by atomic mass is 10.00. The minimum atomic E-state index is 0.178. The normalized spacial score (nSPS) is 23.1. The minimum absolute atomic E-state index is 0.178. The van der Waals surface area contributed by atoms with Gasteiger partial charge in [0.25, 0.3) is 0 Å². The molecule has 1 atom stereocenters. The molecule has 1 aromatic carbocycles. The lowest BCUT2D eigenvalue weighted by Gasteiger charge is -2.34. The van der Waals surface area contributed by atoms with Gasteiger partial charge in [-0.2, -0.15) is 0 Å². The molecule has 1 aromatic rings. The molecule has 1 unspecified atom stereocenters. The van der Waals surface area contributed by atoms with E-state index >= 15 is 0 Å². The Morgan fingerprint density at radius 1 is 1.12 bits per heavy atom. The Labute approximate surface area is 145 Å². The number of rotatable bonds is 6. The lowest BCUT2D eigenvalue weighted by molar-refractivity contribution is -0.122. The summed E-state index contributed by atoms with van der Waals surface area (Å²) in [5.41, 5.74) is 1.37. The molecule has 1 amide bonds. The second-order valence-electron chi connectivity index (χ2n) is 7.05. The first-order valence-corrected chi connectivity index (χ1v) is 9.25. The van der Waals surface area contributed by atoms with Gasteiger partial charge in [0, 0.05) is 39.3 Å². The van der Waals surface area contributed by atoms with Crippen LogP contribution in [-0.2, 0) is 11.3 Å². The van der Waals surface area contributed by atoms with Gasteiger partial charge in [-0.05, 0) is 37.4 Å². The van der Waals surface area contributed by atoms with Crippen molar-refractivity contribution in [2.45, 2.75) is 19.4 Å². The van der Waals surface area contributed by atoms with E-state index in [1.807, 2.05) is 0 Å². The second-order valence-corrected chi connectivity index (χ2v) is 7.05. The molecule has 2 N–H and O–H groups in total. The van der Waals surface area contributed by atoms with Crippen LogP contribution in [0.5, 0.6) is 0 Å². The summed E-state index contributed by atoms with van der Waals surface area (Å²) in [6.07, 6.45) is 2.45. The van der Waals surface area contributed by atoms with Crippen LogP contribution in [0, 0.1) is 5.92 Å². The summed E-state index contributed by atoms with van der Waals surface area (Å²) in [7, 11) is 0. The molecule has 0 aliphatic carbocycles. The summed E-state index contributed by atoms with van der Waals surface area (Å²) in [6.45, 7) is 8.56. The molecule has 132 valence electrons. The monoisotopic (exact) mass is 330 g/mol. The molecule has 2 fully saturated rings. The number of benzene rings is 1. The number of piperazine rings is 1. The topological polar surface area (TPSA) is 47.6 Å². The van der Waals surface area contributed by atoms with Crippen molar-refractivity contribution in [3.63, 3.8) is 0 Å². The van der Waals surface area contributed by atoms with E-state index < -0.39 is 0 Å². The summed E-state index contributed by atoms with van der Waals surface area (Å²) < 4.78 is 0. The van der Waals surface area contributed by atoms with Crippen LogP contribution in [0.15, 0.2) is 30.3 Å². The average molecular weight is 330 g/mol. The molecular formula is C19H30N4O. The number of amides is 1. The van der Waals surface area contributed by atoms with E-state index in [4.69, 9.17) is 0 Å². The third kappa shape index (κ3) is 5.58. The number of nitrogens with zero attached hydrogens (tertiary/aromatic N) is 2. The van der Waals surface area contributed by atoms with E-state index in [9.17, 15) is 4.79 Å². The summed E-state index contributed by atoms with van der Waals surface area (Å²) >= 11 is 0. The highest BCUT2D eigenvalue weighted by Crippen LogP contribution is 2.09. The highest BCUT2D eigenvalue weighted by molar-refractivity contribution is 5.78. The van der Waals surface area contributed by atoms with Gasteiger partial charge in [0.15, 0.2) is 0 Å². The van der Waals surface area contributed by atoms with Crippen LogP contribution in [0.3, 0.4) is 0 Å². The fraction of sp³-hybridized carbons (Fsp3) is 0.632. The maximum absolute atomic E-state index is 12.1. The van der Waals surface area contributed by atoms with Crippen molar-refractivity contribution in [2.24, 2.45) is 5.92 Å². The van der Waals surface area contributed by atoms with E-state index in [0.29, 0.717) is 12.5 Å². The van der Waals surface area contributed by atoms with Gasteiger partial charge < -0.3 is 10.6 Å². The predicted molar refractivity (Wildman–Crippen MR) is 96.8 cm³/mol. The molecule has 2 saturated heterocycles. The van der Waals surface area contributed by atoms with Crippen LogP contribution in [0.4, 0.5) is 0 Å². The molecule has 0 aromatic heterocycles. The fourth-order valence-electron chi connectivity index (χ4n) is 3.56. The van der Waals surface area contributed by atoms with Gasteiger partial charge in [0.05, 0.1) is 6.54 Å². The van der Waals surface area contributed by atoms with E-state index in [1.165, 1.54) is 18.4 Å². The summed E-state index contributed by atoms with van der Waals surface area (Å²) in [5.74, 6) is 0.780. The smallest absolute Gasteiger partial charge is 0.234 e. The number of nitrogens with one attached hydrogen (secondary N) is 2. The molecule has 24 heavy (non-hydrogen) atoms. The summed E-state index contributed by atoms with van der Waals surface area (Å²) in [6, 6.07) is 10.6. The SMILES string of the molecule is O=C(CN1CCN(Cc2ccccc2)CC1)NCC1CCCNC1. The maximum Gasteiger partial charge on any atom is 0.234 e. The highest BCUT2D eigenvalue weighted by Gasteiger charge is 2.20. The van der Waals surface area contributed by atoms with Gasteiger partial charge >= 0.3 is 0 Å². The quantitative estimate of drug-likeness (QED) is 0.814. The molecule has 2 heterocycles. The van der Waals surface area contributed by atoms with Crippen LogP contribution in [-0.4, -0.2) is 68.1 Å². The zero-order valence-electron chi connectivity index (χ0n) is 14.5. The van der Waals surface area contributed by atoms with Crippen LogP contribution >= 0.6 is 0 Å². The van der Waals surface area contributed by atoms with E-state index in [2.05, 4.69) is 50.8 Å². The molecule has 2 aliphatic heterocycles. The number of hydrogen-bond donors (Lipinski definition) is 2. The predicted octanol–water partition coefficient (Wildman–Crippen LogP) is 0.920. The van der Waals surface area contributed by atoms with Gasteiger partial charge in [-0.1, -0.05) is 30.3 Å². The Hall–Kier alpha value is -1.43. The number of hydrogen-bond acceptors (Lipinski definition) is 4. The van der Waals surface area contributed by atoms with E-state index in [1.54, 1.807) is 0 Å². The molecule has 2 aliphatic rings. The Morgan fingerprint density at radius 3 is 2.58 bits per heavy atom. The van der Waals surface area contributed by atoms with Crippen molar-refractivity contribution >= 4 is 5.91 Å². The maximum atomic E-state index is 12.1. The van der Waals surface area contributed by atoms with E-state index in [0.717, 1.165) is 52.4 Å². The second kappa shape index (κ2) is 9.16. The van der Waals surface area contributed by atoms with Crippen LogP contribution in [0.2, 0.25) is 0 Å². The minimum Gasteiger partial charge on any atom is -0.355 e. The third-order valence-electron chi connectivity index (χ3n) is 5.07. The molecule has 5 heteroatoms. The number of piperidine rings is 1. The lowest BCUT2D eigenvalue weighted by Crippen LogP contribution is -2.49. The van der Waals surface area contributed by atoms with Crippen molar-refractivity contribution in [2.75, 3.05) is 52.4 Å². The first kappa shape index (κ1) is 17.4. The molecule has 0 bridgehead atoms. The highest BCUT2D eigenvalue weighted by atomic mass is 16.2. The van der Waals surface area contributed by atoms with E-state index in [-0.39, 0.29) is 5.91 Å². The van der Waals surface area contributed by atoms with Crippen molar-refractivity contribution in [1.29, 1.82) is 0 Å². The standard InChI is InChI=1S/C19H30N4O/c24-19(21-14-18-7-4-8-20-13-18)16-23-11-9-22(10-12-23)15-17-5-2-1-3-6-17/h1-3,5-6,18,20H,4,7-16H2,(H,21,24). The number of carbonyl (C=O) groups is 1. The van der Waals surface area contributed by atoms with Gasteiger partial charge in [-0.15, -0.1) is 0 Å². The Bertz CT molecular complexity index is 493. The molecule has 0 spiro atoms. The zero-order chi connectivity index (χ0) is 16.6. The zero-order valence-corrected chi connectivity index (χ0v) is 14.5. The van der Waals surface area contributed by atoms with Crippen molar-refractivity contribution < 1.29 is 4.79 Å². The summed E-state index contributed by atoms with van der Waals surface area (Å²) in [5, 5.41) is 6.51. The van der Waals surface area contributed by atoms with Crippen molar-refractivity contribution in [3.05, 3.63) is 35.9 Å². The molecule has 0 radical (unpaired) electrons. The molecule has 5 nitrogen and oxygen atoms in total. The Kier molecular flexibility index (Phi) is 6.64. The van der Waals surface area contributed by atoms with Crippen LogP contribution in [0.25, 0.3) is 0 Å². The van der Waals surface area contributed by atoms with Crippen molar-refractivity contribution in [3.8, 4) is 0 Å². The average Bonchev–Trinajstić information content (AvgIpc) is 2.63. The van der Waals surface area contributed by atoms with Gasteiger partial charge in [-0.25, -0.2) is 0 Å². The number of carbonyl (C=O) groups excluding carboxylic acids is 1. The molecular weight excluding hydrogens is 300 g/mol. The first-order valence-electron chi connectivity index (χ1n) is 9.25. The van der Waals surface area contributed by atoms with Crippen molar-refractivity contribution in [1.82, 2.24) is 20.4 Å². The van der Waals surface area contributed by atoms with Gasteiger partial charge in [0.2, 0.25) is 5.91 Å². The van der Waals surface area contributed by atoms with Gasteiger partial charge in [0.1, 0.15) is 0 Å². The third-order valence-corrected chi connectivity index (χ3v) is 5.07. The summed E-state index contributed by atoms with van der Waals surface area (Å²) in [4.78, 5) is 16.9. The molecule has 3 rings (SSSR count). The Morgan fingerprint density at radius 2 is 1.88 bits per heavy atom.